The Kier molecular flexibility index (Phi) is 4.28. The predicted octanol–water partition coefficient (Wildman–Crippen LogP) is 3.04. The highest BCUT2D eigenvalue weighted by Crippen LogP contribution is 2.30. The van der Waals surface area contributed by atoms with Crippen molar-refractivity contribution in [1.29, 1.82) is 0 Å². The molecule has 0 amide bonds. The number of thioether (sulfide) groups is 1. The van der Waals surface area contributed by atoms with E-state index in [1.807, 2.05) is 11.8 Å². The Balaban J connectivity index is 1.83. The van der Waals surface area contributed by atoms with Gasteiger partial charge >= 0.3 is 0 Å². The molecule has 2 fully saturated rings. The number of anilines is 1. The number of nitrogens with zero attached hydrogens (tertiary/aromatic N) is 2. The largest absolute Gasteiger partial charge is 0.374 e. The third-order valence-corrected chi connectivity index (χ3v) is 4.60. The highest BCUT2D eigenvalue weighted by molar-refractivity contribution is 7.99. The van der Waals surface area contributed by atoms with Gasteiger partial charge in [-0.1, -0.05) is 12.1 Å². The molecule has 1 aromatic rings. The lowest BCUT2D eigenvalue weighted by Gasteiger charge is -2.29. The highest BCUT2D eigenvalue weighted by atomic mass is 32.2. The van der Waals surface area contributed by atoms with Gasteiger partial charge < -0.3 is 10.2 Å². The van der Waals surface area contributed by atoms with Gasteiger partial charge in [0, 0.05) is 37.6 Å². The fraction of sp³-hybridized carbons (Fsp3) is 0.533. The van der Waals surface area contributed by atoms with E-state index in [2.05, 4.69) is 34.5 Å². The molecule has 1 N–H and O–H groups in total. The summed E-state index contributed by atoms with van der Waals surface area (Å²) in [4.78, 5) is 7.32. The molecule has 1 aromatic carbocycles. The summed E-state index contributed by atoms with van der Waals surface area (Å²) in [5.41, 5.74) is 2.42. The lowest BCUT2D eigenvalue weighted by molar-refractivity contribution is 0.669. The van der Waals surface area contributed by atoms with Crippen LogP contribution in [0.4, 0.5) is 11.4 Å². The van der Waals surface area contributed by atoms with Crippen molar-refractivity contribution in [3.05, 3.63) is 24.3 Å². The zero-order valence-electron chi connectivity index (χ0n) is 11.3. The number of hydrogen-bond donors (Lipinski definition) is 1. The molecule has 3 rings (SSSR count). The molecular weight excluding hydrogens is 254 g/mol. The van der Waals surface area contributed by atoms with Crippen LogP contribution in [0.2, 0.25) is 0 Å². The van der Waals surface area contributed by atoms with Crippen LogP contribution in [0.3, 0.4) is 0 Å². The van der Waals surface area contributed by atoms with E-state index in [4.69, 9.17) is 4.99 Å². The lowest BCUT2D eigenvalue weighted by atomic mass is 10.1. The molecule has 3 nitrogen and oxygen atoms in total. The Morgan fingerprint density at radius 2 is 1.95 bits per heavy atom. The number of rotatable bonds is 2. The topological polar surface area (TPSA) is 27.6 Å². The first-order valence-corrected chi connectivity index (χ1v) is 8.32. The summed E-state index contributed by atoms with van der Waals surface area (Å²) in [6.07, 6.45) is 3.61. The molecule has 0 aromatic heterocycles. The van der Waals surface area contributed by atoms with Crippen LogP contribution >= 0.6 is 11.8 Å². The van der Waals surface area contributed by atoms with E-state index in [1.165, 1.54) is 30.0 Å². The van der Waals surface area contributed by atoms with Gasteiger partial charge in [0.05, 0.1) is 11.4 Å². The number of amidine groups is 1. The van der Waals surface area contributed by atoms with Gasteiger partial charge in [-0.05, 0) is 25.0 Å². The van der Waals surface area contributed by atoms with E-state index in [1.54, 1.807) is 0 Å². The minimum absolute atomic E-state index is 1.07. The summed E-state index contributed by atoms with van der Waals surface area (Å²) in [5, 5.41) is 3.43. The first-order chi connectivity index (χ1) is 9.43. The minimum atomic E-state index is 1.07. The maximum Gasteiger partial charge on any atom is 0.102 e. The van der Waals surface area contributed by atoms with E-state index in [0.717, 1.165) is 37.6 Å². The average Bonchev–Trinajstić information content (AvgIpc) is 2.50. The molecule has 4 heteroatoms. The van der Waals surface area contributed by atoms with Crippen LogP contribution in [-0.2, 0) is 0 Å². The van der Waals surface area contributed by atoms with E-state index in [-0.39, 0.29) is 0 Å². The summed E-state index contributed by atoms with van der Waals surface area (Å²) in [5.74, 6) is 3.61. The molecule has 0 atom stereocenters. The van der Waals surface area contributed by atoms with Crippen LogP contribution in [-0.4, -0.2) is 37.0 Å². The van der Waals surface area contributed by atoms with E-state index in [0.29, 0.717) is 0 Å². The van der Waals surface area contributed by atoms with Gasteiger partial charge in [-0.2, -0.15) is 11.8 Å². The fourth-order valence-corrected chi connectivity index (χ4v) is 3.51. The minimum Gasteiger partial charge on any atom is -0.374 e. The molecule has 0 radical (unpaired) electrons. The summed E-state index contributed by atoms with van der Waals surface area (Å²) in [7, 11) is 0. The third kappa shape index (κ3) is 3.24. The maximum atomic E-state index is 4.85. The molecule has 2 saturated heterocycles. The highest BCUT2D eigenvalue weighted by Gasteiger charge is 2.15. The average molecular weight is 275 g/mol. The van der Waals surface area contributed by atoms with Crippen molar-refractivity contribution >= 4 is 29.0 Å². The van der Waals surface area contributed by atoms with Gasteiger partial charge in [0.25, 0.3) is 0 Å². The van der Waals surface area contributed by atoms with Crippen molar-refractivity contribution in [1.82, 2.24) is 5.32 Å². The molecule has 0 saturated carbocycles. The van der Waals surface area contributed by atoms with Gasteiger partial charge in [-0.25, -0.2) is 4.99 Å². The molecule has 2 aliphatic rings. The summed E-state index contributed by atoms with van der Waals surface area (Å²) >= 11 is 2.05. The van der Waals surface area contributed by atoms with E-state index in [9.17, 15) is 0 Å². The van der Waals surface area contributed by atoms with Crippen LogP contribution in [0.15, 0.2) is 29.3 Å². The quantitative estimate of drug-likeness (QED) is 0.899. The first kappa shape index (κ1) is 12.9. The second kappa shape index (κ2) is 6.33. The van der Waals surface area contributed by atoms with E-state index < -0.39 is 0 Å². The molecule has 2 aliphatic heterocycles. The summed E-state index contributed by atoms with van der Waals surface area (Å²) in [6, 6.07) is 8.55. The number of benzene rings is 1. The second-order valence-electron chi connectivity index (χ2n) is 5.03. The van der Waals surface area contributed by atoms with Gasteiger partial charge in [0.1, 0.15) is 5.84 Å². The van der Waals surface area contributed by atoms with Crippen molar-refractivity contribution in [3.63, 3.8) is 0 Å². The Hall–Kier alpha value is -1.16. The van der Waals surface area contributed by atoms with Crippen LogP contribution in [0.5, 0.6) is 0 Å². The Bertz CT molecular complexity index is 444. The Labute approximate surface area is 119 Å². The number of nitrogens with one attached hydrogen (secondary N) is 1. The smallest absolute Gasteiger partial charge is 0.102 e. The van der Waals surface area contributed by atoms with Crippen molar-refractivity contribution < 1.29 is 0 Å². The molecule has 2 heterocycles. The van der Waals surface area contributed by atoms with Crippen molar-refractivity contribution in [2.45, 2.75) is 19.3 Å². The Morgan fingerprint density at radius 1 is 1.11 bits per heavy atom. The summed E-state index contributed by atoms with van der Waals surface area (Å²) < 4.78 is 0. The fourth-order valence-electron chi connectivity index (χ4n) is 2.61. The summed E-state index contributed by atoms with van der Waals surface area (Å²) in [6.45, 7) is 3.35. The van der Waals surface area contributed by atoms with Crippen LogP contribution in [0.1, 0.15) is 19.3 Å². The van der Waals surface area contributed by atoms with Gasteiger partial charge in [0.2, 0.25) is 0 Å². The van der Waals surface area contributed by atoms with Gasteiger partial charge in [0.15, 0.2) is 0 Å². The SMILES string of the molecule is c1ccc(N2CCSCC2)c(N=C2CCCCN2)c1. The van der Waals surface area contributed by atoms with Crippen LogP contribution < -0.4 is 10.2 Å². The third-order valence-electron chi connectivity index (χ3n) is 3.66. The maximum absolute atomic E-state index is 4.85. The number of para-hydroxylation sites is 2. The predicted molar refractivity (Wildman–Crippen MR) is 84.9 cm³/mol. The zero-order valence-corrected chi connectivity index (χ0v) is 12.1. The van der Waals surface area contributed by atoms with Crippen molar-refractivity contribution in [3.8, 4) is 0 Å². The Morgan fingerprint density at radius 3 is 2.74 bits per heavy atom. The lowest BCUT2D eigenvalue weighted by Crippen LogP contribution is -2.32. The molecule has 0 bridgehead atoms. The first-order valence-electron chi connectivity index (χ1n) is 7.17. The molecule has 0 spiro atoms. The van der Waals surface area contributed by atoms with Gasteiger partial charge in [-0.3, -0.25) is 0 Å². The molecule has 102 valence electrons. The number of hydrogen-bond acceptors (Lipinski definition) is 3. The monoisotopic (exact) mass is 275 g/mol. The standard InChI is InChI=1S/C15H21N3S/c1-2-6-14(18-9-11-19-12-10-18)13(5-1)17-15-7-3-4-8-16-15/h1-2,5-6H,3-4,7-12H2,(H,16,17). The molecule has 0 unspecified atom stereocenters. The normalized spacial score (nSPS) is 22.3. The molecule has 0 aliphatic carbocycles. The van der Waals surface area contributed by atoms with Crippen LogP contribution in [0, 0.1) is 0 Å². The number of piperidine rings is 1. The zero-order chi connectivity index (χ0) is 12.9. The molecule has 19 heavy (non-hydrogen) atoms. The van der Waals surface area contributed by atoms with Crippen molar-refractivity contribution in [2.24, 2.45) is 4.99 Å². The van der Waals surface area contributed by atoms with Crippen molar-refractivity contribution in [2.75, 3.05) is 36.0 Å². The second-order valence-corrected chi connectivity index (χ2v) is 6.26. The number of aliphatic imine (C=N–C) groups is 1. The van der Waals surface area contributed by atoms with Crippen LogP contribution in [0.25, 0.3) is 0 Å². The van der Waals surface area contributed by atoms with E-state index >= 15 is 0 Å². The van der Waals surface area contributed by atoms with Gasteiger partial charge in [-0.15, -0.1) is 0 Å². The molecular formula is C15H21N3S.